The number of hydrogen-bond acceptors (Lipinski definition) is 5. The second-order valence-electron chi connectivity index (χ2n) is 7.23. The molecule has 0 atom stereocenters. The zero-order chi connectivity index (χ0) is 21.8. The van der Waals surface area contributed by atoms with E-state index in [0.29, 0.717) is 12.3 Å². The van der Waals surface area contributed by atoms with E-state index < -0.39 is 0 Å². The number of allylic oxidation sites excluding steroid dienone is 1. The summed E-state index contributed by atoms with van der Waals surface area (Å²) in [4.78, 5) is 14.3. The highest BCUT2D eigenvalue weighted by atomic mass is 32.2. The molecular weight excluding hydrogens is 424 g/mol. The van der Waals surface area contributed by atoms with Crippen molar-refractivity contribution in [3.8, 4) is 11.4 Å². The standard InChI is InChI=1S/C24H24N4OS2/c1-4-12-27-23(19-9-6-5-7-10-19)25-26-24(27)31-16-22(29)21-14-17(2)28(18(21)3)15-20-11-8-13-30-20/h4-11,13-14H,1,12,15-16H2,2-3H3. The van der Waals surface area contributed by atoms with Crippen LogP contribution in [0.2, 0.25) is 0 Å². The van der Waals surface area contributed by atoms with Crippen LogP contribution in [0.25, 0.3) is 11.4 Å². The lowest BCUT2D eigenvalue weighted by Crippen LogP contribution is -2.08. The van der Waals surface area contributed by atoms with Crippen LogP contribution in [0.15, 0.2) is 71.7 Å². The average Bonchev–Trinajstić information content (AvgIpc) is 3.50. The molecule has 0 bridgehead atoms. The van der Waals surface area contributed by atoms with E-state index in [1.807, 2.05) is 54.0 Å². The zero-order valence-electron chi connectivity index (χ0n) is 17.6. The minimum atomic E-state index is 0.102. The van der Waals surface area contributed by atoms with E-state index >= 15 is 0 Å². The Labute approximate surface area is 190 Å². The van der Waals surface area contributed by atoms with Gasteiger partial charge < -0.3 is 4.57 Å². The fourth-order valence-electron chi connectivity index (χ4n) is 3.58. The highest BCUT2D eigenvalue weighted by Crippen LogP contribution is 2.26. The Balaban J connectivity index is 1.52. The minimum absolute atomic E-state index is 0.102. The van der Waals surface area contributed by atoms with Crippen molar-refractivity contribution in [2.75, 3.05) is 5.75 Å². The van der Waals surface area contributed by atoms with E-state index in [0.717, 1.165) is 40.0 Å². The molecule has 3 heterocycles. The number of hydrogen-bond donors (Lipinski definition) is 0. The van der Waals surface area contributed by atoms with E-state index in [-0.39, 0.29) is 5.78 Å². The molecule has 158 valence electrons. The third kappa shape index (κ3) is 4.57. The fourth-order valence-corrected chi connectivity index (χ4v) is 5.11. The van der Waals surface area contributed by atoms with Gasteiger partial charge in [0.15, 0.2) is 16.8 Å². The van der Waals surface area contributed by atoms with E-state index in [1.54, 1.807) is 11.3 Å². The van der Waals surface area contributed by atoms with Gasteiger partial charge in [-0.3, -0.25) is 9.36 Å². The van der Waals surface area contributed by atoms with Crippen molar-refractivity contribution in [1.29, 1.82) is 0 Å². The summed E-state index contributed by atoms with van der Waals surface area (Å²) < 4.78 is 4.21. The zero-order valence-corrected chi connectivity index (χ0v) is 19.2. The summed E-state index contributed by atoms with van der Waals surface area (Å²) in [5, 5.41) is 11.5. The highest BCUT2D eigenvalue weighted by molar-refractivity contribution is 7.99. The van der Waals surface area contributed by atoms with Crippen molar-refractivity contribution >= 4 is 28.9 Å². The van der Waals surface area contributed by atoms with Crippen LogP contribution in [0.4, 0.5) is 0 Å². The first-order valence-electron chi connectivity index (χ1n) is 10.0. The lowest BCUT2D eigenvalue weighted by Gasteiger charge is -2.09. The number of aromatic nitrogens is 4. The van der Waals surface area contributed by atoms with Gasteiger partial charge in [-0.1, -0.05) is 54.2 Å². The van der Waals surface area contributed by atoms with Gasteiger partial charge in [0.25, 0.3) is 0 Å². The topological polar surface area (TPSA) is 52.7 Å². The van der Waals surface area contributed by atoms with Crippen LogP contribution in [0.5, 0.6) is 0 Å². The largest absolute Gasteiger partial charge is 0.343 e. The van der Waals surface area contributed by atoms with Gasteiger partial charge >= 0.3 is 0 Å². The summed E-state index contributed by atoms with van der Waals surface area (Å²) in [5.74, 6) is 1.20. The molecule has 0 saturated heterocycles. The lowest BCUT2D eigenvalue weighted by molar-refractivity contribution is 0.102. The van der Waals surface area contributed by atoms with Gasteiger partial charge in [0, 0.05) is 33.9 Å². The Morgan fingerprint density at radius 3 is 2.65 bits per heavy atom. The van der Waals surface area contributed by atoms with Gasteiger partial charge in [-0.25, -0.2) is 0 Å². The molecule has 1 aromatic carbocycles. The fraction of sp³-hybridized carbons (Fsp3) is 0.208. The quantitative estimate of drug-likeness (QED) is 0.189. The SMILES string of the molecule is C=CCn1c(SCC(=O)c2cc(C)n(Cc3cccs3)c2C)nnc1-c1ccccc1. The first kappa shape index (κ1) is 21.3. The molecular formula is C24H24N4OS2. The van der Waals surface area contributed by atoms with Crippen molar-refractivity contribution in [1.82, 2.24) is 19.3 Å². The minimum Gasteiger partial charge on any atom is -0.343 e. The van der Waals surface area contributed by atoms with Crippen LogP contribution in [0.3, 0.4) is 0 Å². The molecule has 0 N–H and O–H groups in total. The summed E-state index contributed by atoms with van der Waals surface area (Å²) in [6.07, 6.45) is 1.82. The molecule has 0 aliphatic carbocycles. The third-order valence-corrected chi connectivity index (χ3v) is 6.99. The van der Waals surface area contributed by atoms with Crippen molar-refractivity contribution < 1.29 is 4.79 Å². The average molecular weight is 449 g/mol. The van der Waals surface area contributed by atoms with Crippen LogP contribution in [-0.2, 0) is 13.1 Å². The number of aryl methyl sites for hydroxylation is 1. The van der Waals surface area contributed by atoms with Crippen molar-refractivity contribution in [2.45, 2.75) is 32.1 Å². The van der Waals surface area contributed by atoms with Gasteiger partial charge in [0.2, 0.25) is 0 Å². The highest BCUT2D eigenvalue weighted by Gasteiger charge is 2.19. The summed E-state index contributed by atoms with van der Waals surface area (Å²) in [6.45, 7) is 9.31. The van der Waals surface area contributed by atoms with E-state index in [4.69, 9.17) is 0 Å². The number of Topliss-reactive ketones (excluding diaryl/α,β-unsaturated/α-hetero) is 1. The molecule has 0 unspecified atom stereocenters. The van der Waals surface area contributed by atoms with Crippen LogP contribution >= 0.6 is 23.1 Å². The molecule has 5 nitrogen and oxygen atoms in total. The Hall–Kier alpha value is -2.90. The third-order valence-electron chi connectivity index (χ3n) is 5.16. The lowest BCUT2D eigenvalue weighted by atomic mass is 10.2. The normalized spacial score (nSPS) is 11.0. The number of ketones is 1. The molecule has 0 saturated carbocycles. The van der Waals surface area contributed by atoms with E-state index in [2.05, 4.69) is 45.8 Å². The second-order valence-corrected chi connectivity index (χ2v) is 9.21. The molecule has 4 rings (SSSR count). The van der Waals surface area contributed by atoms with Gasteiger partial charge in [0.1, 0.15) is 0 Å². The number of thiophene rings is 1. The Kier molecular flexibility index (Phi) is 6.53. The van der Waals surface area contributed by atoms with E-state index in [1.165, 1.54) is 16.6 Å². The molecule has 0 aliphatic rings. The number of thioether (sulfide) groups is 1. The maximum atomic E-state index is 13.0. The summed E-state index contributed by atoms with van der Waals surface area (Å²) >= 11 is 3.15. The maximum absolute atomic E-state index is 13.0. The molecule has 4 aromatic rings. The molecule has 0 spiro atoms. The number of rotatable bonds is 9. The molecule has 0 radical (unpaired) electrons. The Bertz CT molecular complexity index is 1190. The molecule has 31 heavy (non-hydrogen) atoms. The smallest absolute Gasteiger partial charge is 0.192 e. The van der Waals surface area contributed by atoms with E-state index in [9.17, 15) is 4.79 Å². The molecule has 0 amide bonds. The van der Waals surface area contributed by atoms with Crippen LogP contribution < -0.4 is 0 Å². The van der Waals surface area contributed by atoms with Crippen LogP contribution in [-0.4, -0.2) is 30.9 Å². The van der Waals surface area contributed by atoms with Crippen LogP contribution in [0.1, 0.15) is 26.6 Å². The number of nitrogens with zero attached hydrogens (tertiary/aromatic N) is 4. The first-order valence-corrected chi connectivity index (χ1v) is 11.9. The van der Waals surface area contributed by atoms with Gasteiger partial charge in [0.05, 0.1) is 12.3 Å². The monoisotopic (exact) mass is 448 g/mol. The summed E-state index contributed by atoms with van der Waals surface area (Å²) in [7, 11) is 0. The Morgan fingerprint density at radius 2 is 1.94 bits per heavy atom. The molecule has 7 heteroatoms. The number of carbonyl (C=O) groups excluding carboxylic acids is 1. The second kappa shape index (κ2) is 9.49. The summed E-state index contributed by atoms with van der Waals surface area (Å²) in [6, 6.07) is 16.1. The van der Waals surface area contributed by atoms with Crippen molar-refractivity contribution in [3.63, 3.8) is 0 Å². The predicted molar refractivity (Wildman–Crippen MR) is 128 cm³/mol. The number of benzene rings is 1. The molecule has 3 aromatic heterocycles. The molecule has 0 fully saturated rings. The van der Waals surface area contributed by atoms with Gasteiger partial charge in [-0.05, 0) is 31.4 Å². The maximum Gasteiger partial charge on any atom is 0.192 e. The van der Waals surface area contributed by atoms with Gasteiger partial charge in [-0.2, -0.15) is 0 Å². The summed E-state index contributed by atoms with van der Waals surface area (Å²) in [5.41, 5.74) is 3.88. The Morgan fingerprint density at radius 1 is 1.13 bits per heavy atom. The van der Waals surface area contributed by atoms with Crippen molar-refractivity contribution in [2.24, 2.45) is 0 Å². The van der Waals surface area contributed by atoms with Crippen LogP contribution in [0, 0.1) is 13.8 Å². The predicted octanol–water partition coefficient (Wildman–Crippen LogP) is 5.63. The van der Waals surface area contributed by atoms with Gasteiger partial charge in [-0.15, -0.1) is 28.1 Å². The molecule has 0 aliphatic heterocycles. The first-order chi connectivity index (χ1) is 15.1. The van der Waals surface area contributed by atoms with Crippen molar-refractivity contribution in [3.05, 3.63) is 88.4 Å². The number of carbonyl (C=O) groups is 1.